The summed E-state index contributed by atoms with van der Waals surface area (Å²) in [5.41, 5.74) is 4.61. The Morgan fingerprint density at radius 1 is 0.739 bits per heavy atom. The van der Waals surface area contributed by atoms with Crippen molar-refractivity contribution in [1.29, 1.82) is 0 Å². The van der Waals surface area contributed by atoms with Crippen LogP contribution in [0.5, 0.6) is 0 Å². The Morgan fingerprint density at radius 3 is 2.09 bits per heavy atom. The number of allylic oxidation sites excluding steroid dienone is 1. The Bertz CT molecular complexity index is 735. The van der Waals surface area contributed by atoms with E-state index in [1.807, 2.05) is 24.3 Å². The van der Waals surface area contributed by atoms with E-state index in [9.17, 15) is 8.78 Å². The molecule has 23 heavy (non-hydrogen) atoms. The van der Waals surface area contributed by atoms with Crippen molar-refractivity contribution in [3.63, 3.8) is 0 Å². The number of hydrogen-bond acceptors (Lipinski definition) is 2. The minimum Gasteiger partial charge on any atom is -0.289 e. The summed E-state index contributed by atoms with van der Waals surface area (Å²) in [6.07, 6.45) is 3.36. The van der Waals surface area contributed by atoms with Crippen LogP contribution >= 0.6 is 0 Å². The number of fused-ring (bicyclic) bond motifs is 1. The average Bonchev–Trinajstić information content (AvgIpc) is 2.96. The fourth-order valence-corrected chi connectivity index (χ4v) is 3.47. The Kier molecular flexibility index (Phi) is 3.52. The van der Waals surface area contributed by atoms with Crippen molar-refractivity contribution in [2.75, 3.05) is 18.1 Å². The highest BCUT2D eigenvalue weighted by Gasteiger charge is 2.32. The molecule has 1 saturated heterocycles. The van der Waals surface area contributed by atoms with E-state index in [0.29, 0.717) is 0 Å². The summed E-state index contributed by atoms with van der Waals surface area (Å²) in [6.45, 7) is 1.71. The number of hydrazine groups is 1. The van der Waals surface area contributed by atoms with E-state index in [1.54, 1.807) is 0 Å². The number of anilines is 1. The Morgan fingerprint density at radius 2 is 1.39 bits per heavy atom. The molecule has 118 valence electrons. The molecule has 0 aliphatic carbocycles. The first-order valence-corrected chi connectivity index (χ1v) is 8.01. The van der Waals surface area contributed by atoms with Crippen molar-refractivity contribution in [3.8, 4) is 0 Å². The van der Waals surface area contributed by atoms with Gasteiger partial charge in [0.15, 0.2) is 0 Å². The van der Waals surface area contributed by atoms with Gasteiger partial charge in [-0.2, -0.15) is 0 Å². The molecule has 2 aliphatic heterocycles. The topological polar surface area (TPSA) is 6.48 Å². The molecule has 4 rings (SSSR count). The van der Waals surface area contributed by atoms with Crippen molar-refractivity contribution >= 4 is 11.3 Å². The van der Waals surface area contributed by atoms with Crippen molar-refractivity contribution in [1.82, 2.24) is 5.01 Å². The fourth-order valence-electron chi connectivity index (χ4n) is 3.47. The number of hydrogen-bond donors (Lipinski definition) is 0. The van der Waals surface area contributed by atoms with E-state index in [-0.39, 0.29) is 11.6 Å². The van der Waals surface area contributed by atoms with Gasteiger partial charge >= 0.3 is 0 Å². The van der Waals surface area contributed by atoms with E-state index in [2.05, 4.69) is 10.0 Å². The maximum absolute atomic E-state index is 13.2. The lowest BCUT2D eigenvalue weighted by molar-refractivity contribution is 0.294. The molecule has 2 heterocycles. The Hall–Kier alpha value is -2.36. The maximum atomic E-state index is 13.2. The maximum Gasteiger partial charge on any atom is 0.123 e. The smallest absolute Gasteiger partial charge is 0.123 e. The SMILES string of the molecule is Fc1ccc(C2=C3CCCCN3N(c3ccc(F)cc3)C2)cc1. The van der Waals surface area contributed by atoms with Crippen LogP contribution in [-0.2, 0) is 0 Å². The van der Waals surface area contributed by atoms with E-state index in [1.165, 1.54) is 42.0 Å². The molecule has 0 amide bonds. The summed E-state index contributed by atoms with van der Waals surface area (Å²) in [5.74, 6) is -0.438. The van der Waals surface area contributed by atoms with Gasteiger partial charge in [0.1, 0.15) is 11.6 Å². The Labute approximate surface area is 134 Å². The molecule has 0 bridgehead atoms. The van der Waals surface area contributed by atoms with E-state index >= 15 is 0 Å². The highest BCUT2D eigenvalue weighted by molar-refractivity contribution is 5.76. The van der Waals surface area contributed by atoms with Crippen LogP contribution in [0.15, 0.2) is 54.2 Å². The molecular weight excluding hydrogens is 294 g/mol. The normalized spacial score (nSPS) is 17.7. The molecule has 0 unspecified atom stereocenters. The zero-order valence-corrected chi connectivity index (χ0v) is 12.8. The number of rotatable bonds is 2. The molecule has 0 radical (unpaired) electrons. The van der Waals surface area contributed by atoms with Crippen molar-refractivity contribution in [2.45, 2.75) is 19.3 Å². The monoisotopic (exact) mass is 312 g/mol. The van der Waals surface area contributed by atoms with Gasteiger partial charge < -0.3 is 0 Å². The first-order valence-electron chi connectivity index (χ1n) is 8.01. The predicted octanol–water partition coefficient (Wildman–Crippen LogP) is 4.60. The van der Waals surface area contributed by atoms with Gasteiger partial charge in [0.2, 0.25) is 0 Å². The molecule has 2 aliphatic rings. The standard InChI is InChI=1S/C19H18F2N2/c20-15-6-4-14(5-7-15)18-13-23(17-10-8-16(21)9-11-17)22-12-2-1-3-19(18)22/h4-11H,1-3,12-13H2. The minimum atomic E-state index is -0.224. The second kappa shape index (κ2) is 5.69. The first kappa shape index (κ1) is 14.2. The molecule has 1 fully saturated rings. The molecule has 4 heteroatoms. The van der Waals surface area contributed by atoms with Crippen LogP contribution < -0.4 is 5.01 Å². The lowest BCUT2D eigenvalue weighted by Gasteiger charge is -2.36. The molecule has 0 atom stereocenters. The molecule has 2 nitrogen and oxygen atoms in total. The summed E-state index contributed by atoms with van der Waals surface area (Å²) >= 11 is 0. The third-order valence-corrected chi connectivity index (χ3v) is 4.61. The van der Waals surface area contributed by atoms with Crippen LogP contribution in [0, 0.1) is 11.6 Å². The van der Waals surface area contributed by atoms with Gasteiger partial charge in [-0.15, -0.1) is 0 Å². The summed E-state index contributed by atoms with van der Waals surface area (Å²) in [6, 6.07) is 13.3. The van der Waals surface area contributed by atoms with Crippen LogP contribution in [0.1, 0.15) is 24.8 Å². The Balaban J connectivity index is 1.71. The zero-order chi connectivity index (χ0) is 15.8. The van der Waals surface area contributed by atoms with Crippen molar-refractivity contribution in [2.24, 2.45) is 0 Å². The zero-order valence-electron chi connectivity index (χ0n) is 12.8. The first-order chi connectivity index (χ1) is 11.2. The third kappa shape index (κ3) is 2.58. The van der Waals surface area contributed by atoms with Gasteiger partial charge in [-0.25, -0.2) is 8.78 Å². The quantitative estimate of drug-likeness (QED) is 0.800. The molecule has 0 N–H and O–H groups in total. The second-order valence-electron chi connectivity index (χ2n) is 6.05. The third-order valence-electron chi connectivity index (χ3n) is 4.61. The van der Waals surface area contributed by atoms with Crippen molar-refractivity contribution < 1.29 is 8.78 Å². The van der Waals surface area contributed by atoms with Crippen LogP contribution in [-0.4, -0.2) is 18.1 Å². The van der Waals surface area contributed by atoms with E-state index in [0.717, 1.165) is 37.2 Å². The molecule has 0 aromatic heterocycles. The number of piperidine rings is 1. The molecular formula is C19H18F2N2. The van der Waals surface area contributed by atoms with E-state index in [4.69, 9.17) is 0 Å². The van der Waals surface area contributed by atoms with Crippen molar-refractivity contribution in [3.05, 3.63) is 71.4 Å². The summed E-state index contributed by atoms with van der Waals surface area (Å²) in [5, 5.41) is 4.50. The van der Waals surface area contributed by atoms with Gasteiger partial charge in [-0.3, -0.25) is 10.0 Å². The molecule has 2 aromatic rings. The average molecular weight is 312 g/mol. The van der Waals surface area contributed by atoms with Gasteiger partial charge in [0, 0.05) is 17.8 Å². The largest absolute Gasteiger partial charge is 0.289 e. The lowest BCUT2D eigenvalue weighted by Crippen LogP contribution is -2.39. The molecule has 0 saturated carbocycles. The predicted molar refractivity (Wildman–Crippen MR) is 87.6 cm³/mol. The summed E-state index contributed by atoms with van der Waals surface area (Å²) < 4.78 is 26.4. The van der Waals surface area contributed by atoms with Crippen LogP contribution in [0.25, 0.3) is 5.57 Å². The lowest BCUT2D eigenvalue weighted by atomic mass is 10.00. The number of nitrogens with zero attached hydrogens (tertiary/aromatic N) is 2. The van der Waals surface area contributed by atoms with Gasteiger partial charge in [-0.05, 0) is 61.2 Å². The highest BCUT2D eigenvalue weighted by atomic mass is 19.1. The fraction of sp³-hybridized carbons (Fsp3) is 0.263. The highest BCUT2D eigenvalue weighted by Crippen LogP contribution is 2.38. The van der Waals surface area contributed by atoms with Crippen LogP contribution in [0.4, 0.5) is 14.5 Å². The molecule has 2 aromatic carbocycles. The molecule has 0 spiro atoms. The van der Waals surface area contributed by atoms with E-state index < -0.39 is 0 Å². The number of halogens is 2. The second-order valence-corrected chi connectivity index (χ2v) is 6.05. The summed E-state index contributed by atoms with van der Waals surface area (Å²) in [4.78, 5) is 0. The van der Waals surface area contributed by atoms with Crippen LogP contribution in [0.3, 0.4) is 0 Å². The summed E-state index contributed by atoms with van der Waals surface area (Å²) in [7, 11) is 0. The minimum absolute atomic E-state index is 0.215. The van der Waals surface area contributed by atoms with Crippen LogP contribution in [0.2, 0.25) is 0 Å². The van der Waals surface area contributed by atoms with Gasteiger partial charge in [0.05, 0.1) is 12.2 Å². The van der Waals surface area contributed by atoms with Gasteiger partial charge in [0.25, 0.3) is 0 Å². The number of benzene rings is 2. The van der Waals surface area contributed by atoms with Gasteiger partial charge in [-0.1, -0.05) is 12.1 Å².